The number of ether oxygens (including phenoxy) is 1. The number of thioether (sulfide) groups is 2. The van der Waals surface area contributed by atoms with Crippen LogP contribution in [0.4, 0.5) is 0 Å². The van der Waals surface area contributed by atoms with Crippen LogP contribution in [0.5, 0.6) is 0 Å². The zero-order chi connectivity index (χ0) is 18.4. The summed E-state index contributed by atoms with van der Waals surface area (Å²) in [4.78, 5) is 28.4. The smallest absolute Gasteiger partial charge is 0.375 e. The normalized spacial score (nSPS) is 13.3. The van der Waals surface area contributed by atoms with Crippen molar-refractivity contribution in [2.24, 2.45) is 4.99 Å². The largest absolute Gasteiger partial charge is 0.450 e. The van der Waals surface area contributed by atoms with Crippen LogP contribution in [0.3, 0.4) is 0 Å². The van der Waals surface area contributed by atoms with Gasteiger partial charge in [-0.25, -0.2) is 4.79 Å². The maximum Gasteiger partial charge on any atom is 0.375 e. The molecule has 1 N–H and O–H groups in total. The standard InChI is InChI=1S/C18H16N2O4S2/c1-2-7-19-15(21)10-23-17(22)16-13(11-26-18-20-8-9-25-18)12-5-3-4-6-14(12)24-16/h1,3-6H,7-11H2,(H,19,21). The third kappa shape index (κ3) is 4.42. The van der Waals surface area contributed by atoms with E-state index in [1.165, 1.54) is 0 Å². The maximum absolute atomic E-state index is 12.4. The second-order valence-corrected chi connectivity index (χ2v) is 7.55. The van der Waals surface area contributed by atoms with Crippen molar-refractivity contribution in [1.82, 2.24) is 5.32 Å². The van der Waals surface area contributed by atoms with Gasteiger partial charge in [0, 0.05) is 22.5 Å². The predicted octanol–water partition coefficient (Wildman–Crippen LogP) is 2.68. The van der Waals surface area contributed by atoms with E-state index in [2.05, 4.69) is 16.2 Å². The average Bonchev–Trinajstić information content (AvgIpc) is 3.30. The van der Waals surface area contributed by atoms with Gasteiger partial charge in [0.2, 0.25) is 5.76 Å². The molecule has 0 unspecified atom stereocenters. The highest BCUT2D eigenvalue weighted by molar-refractivity contribution is 8.38. The molecule has 0 saturated heterocycles. The lowest BCUT2D eigenvalue weighted by molar-refractivity contribution is -0.124. The Kier molecular flexibility index (Phi) is 6.26. The van der Waals surface area contributed by atoms with Gasteiger partial charge in [-0.1, -0.05) is 47.6 Å². The number of nitrogens with one attached hydrogen (secondary N) is 1. The van der Waals surface area contributed by atoms with Gasteiger partial charge in [-0.05, 0) is 6.07 Å². The van der Waals surface area contributed by atoms with Gasteiger partial charge < -0.3 is 14.5 Å². The third-order valence-electron chi connectivity index (χ3n) is 3.50. The molecule has 2 heterocycles. The molecule has 3 rings (SSSR count). The van der Waals surface area contributed by atoms with E-state index in [1.807, 2.05) is 18.2 Å². The lowest BCUT2D eigenvalue weighted by atomic mass is 10.1. The number of benzene rings is 1. The summed E-state index contributed by atoms with van der Waals surface area (Å²) in [5.41, 5.74) is 1.35. The van der Waals surface area contributed by atoms with Crippen LogP contribution in [-0.4, -0.2) is 41.7 Å². The van der Waals surface area contributed by atoms with Gasteiger partial charge >= 0.3 is 5.97 Å². The highest BCUT2D eigenvalue weighted by Crippen LogP contribution is 2.32. The molecule has 0 saturated carbocycles. The Bertz CT molecular complexity index is 898. The molecule has 1 aliphatic rings. The molecule has 0 radical (unpaired) electrons. The number of esters is 1. The second-order valence-electron chi connectivity index (χ2n) is 5.25. The van der Waals surface area contributed by atoms with Crippen molar-refractivity contribution in [3.05, 3.63) is 35.6 Å². The number of carbonyl (C=O) groups excluding carboxylic acids is 2. The fourth-order valence-electron chi connectivity index (χ4n) is 2.34. The number of fused-ring (bicyclic) bond motifs is 1. The SMILES string of the molecule is C#CCNC(=O)COC(=O)c1oc2ccccc2c1CSC1=NCCS1. The predicted molar refractivity (Wildman–Crippen MR) is 104 cm³/mol. The Morgan fingerprint density at radius 1 is 1.42 bits per heavy atom. The number of terminal acetylenes is 1. The summed E-state index contributed by atoms with van der Waals surface area (Å²) in [5.74, 6) is 2.79. The first-order chi connectivity index (χ1) is 12.7. The molecule has 26 heavy (non-hydrogen) atoms. The van der Waals surface area contributed by atoms with E-state index in [0.29, 0.717) is 11.3 Å². The van der Waals surface area contributed by atoms with Gasteiger partial charge in [-0.15, -0.1) is 6.42 Å². The molecule has 0 bridgehead atoms. The van der Waals surface area contributed by atoms with E-state index in [0.717, 1.165) is 27.6 Å². The summed E-state index contributed by atoms with van der Waals surface area (Å²) >= 11 is 3.27. The average molecular weight is 388 g/mol. The van der Waals surface area contributed by atoms with Crippen molar-refractivity contribution in [3.8, 4) is 12.3 Å². The van der Waals surface area contributed by atoms with Crippen LogP contribution >= 0.6 is 23.5 Å². The Morgan fingerprint density at radius 2 is 2.27 bits per heavy atom. The van der Waals surface area contributed by atoms with Crippen LogP contribution in [0.25, 0.3) is 11.0 Å². The molecule has 134 valence electrons. The molecule has 6 nitrogen and oxygen atoms in total. The van der Waals surface area contributed by atoms with Crippen LogP contribution in [0.2, 0.25) is 0 Å². The summed E-state index contributed by atoms with van der Waals surface area (Å²) < 4.78 is 11.8. The molecule has 0 aliphatic carbocycles. The summed E-state index contributed by atoms with van der Waals surface area (Å²) in [5, 5.41) is 3.29. The van der Waals surface area contributed by atoms with Gasteiger partial charge in [0.05, 0.1) is 13.1 Å². The molecule has 1 amide bonds. The molecule has 0 fully saturated rings. The zero-order valence-electron chi connectivity index (χ0n) is 13.8. The van der Waals surface area contributed by atoms with E-state index in [1.54, 1.807) is 29.6 Å². The molecule has 8 heteroatoms. The number of nitrogens with zero attached hydrogens (tertiary/aromatic N) is 1. The number of aliphatic imine (C=N–C) groups is 1. The Hall–Kier alpha value is -2.37. The van der Waals surface area contributed by atoms with Gasteiger partial charge in [0.15, 0.2) is 6.61 Å². The van der Waals surface area contributed by atoms with E-state index < -0.39 is 18.5 Å². The van der Waals surface area contributed by atoms with Crippen molar-refractivity contribution in [3.63, 3.8) is 0 Å². The van der Waals surface area contributed by atoms with Crippen LogP contribution in [-0.2, 0) is 15.3 Å². The maximum atomic E-state index is 12.4. The van der Waals surface area contributed by atoms with E-state index in [4.69, 9.17) is 15.6 Å². The number of furan rings is 1. The topological polar surface area (TPSA) is 80.9 Å². The number of amides is 1. The van der Waals surface area contributed by atoms with E-state index in [-0.39, 0.29) is 12.3 Å². The van der Waals surface area contributed by atoms with Gasteiger partial charge in [-0.2, -0.15) is 0 Å². The van der Waals surface area contributed by atoms with Crippen molar-refractivity contribution < 1.29 is 18.7 Å². The molecule has 1 aromatic heterocycles. The van der Waals surface area contributed by atoms with Gasteiger partial charge in [-0.3, -0.25) is 9.79 Å². The van der Waals surface area contributed by atoms with Gasteiger partial charge in [0.1, 0.15) is 9.96 Å². The lowest BCUT2D eigenvalue weighted by Gasteiger charge is -2.05. The van der Waals surface area contributed by atoms with Crippen LogP contribution in [0, 0.1) is 12.3 Å². The number of para-hydroxylation sites is 1. The number of carbonyl (C=O) groups is 2. The van der Waals surface area contributed by atoms with Crippen molar-refractivity contribution in [2.75, 3.05) is 25.4 Å². The summed E-state index contributed by atoms with van der Waals surface area (Å²) in [6.07, 6.45) is 5.07. The quantitative estimate of drug-likeness (QED) is 0.605. The first-order valence-electron chi connectivity index (χ1n) is 7.86. The fraction of sp³-hybridized carbons (Fsp3) is 0.278. The highest BCUT2D eigenvalue weighted by Gasteiger charge is 2.23. The first kappa shape index (κ1) is 18.4. The van der Waals surface area contributed by atoms with E-state index in [9.17, 15) is 9.59 Å². The molecule has 2 aromatic rings. The minimum atomic E-state index is -0.673. The fourth-order valence-corrected chi connectivity index (χ4v) is 4.38. The first-order valence-corrected chi connectivity index (χ1v) is 9.84. The molecule has 0 atom stereocenters. The molecule has 0 spiro atoms. The number of rotatable bonds is 6. The molecular formula is C18H16N2O4S2. The Labute approximate surface area is 159 Å². The van der Waals surface area contributed by atoms with Crippen molar-refractivity contribution in [1.29, 1.82) is 0 Å². The third-order valence-corrected chi connectivity index (χ3v) is 5.78. The lowest BCUT2D eigenvalue weighted by Crippen LogP contribution is -2.29. The highest BCUT2D eigenvalue weighted by atomic mass is 32.2. The summed E-state index contributed by atoms with van der Waals surface area (Å²) in [6, 6.07) is 7.41. The minimum Gasteiger partial charge on any atom is -0.450 e. The molecular weight excluding hydrogens is 372 g/mol. The monoisotopic (exact) mass is 388 g/mol. The number of hydrogen-bond acceptors (Lipinski definition) is 7. The Morgan fingerprint density at radius 3 is 3.04 bits per heavy atom. The van der Waals surface area contributed by atoms with Crippen LogP contribution in [0.15, 0.2) is 33.7 Å². The molecule has 1 aromatic carbocycles. The number of hydrogen-bond donors (Lipinski definition) is 1. The van der Waals surface area contributed by atoms with E-state index >= 15 is 0 Å². The van der Waals surface area contributed by atoms with Crippen molar-refractivity contribution >= 4 is 50.7 Å². The van der Waals surface area contributed by atoms with Crippen LogP contribution < -0.4 is 5.32 Å². The second kappa shape index (κ2) is 8.83. The summed E-state index contributed by atoms with van der Waals surface area (Å²) in [7, 11) is 0. The van der Waals surface area contributed by atoms with Crippen LogP contribution in [0.1, 0.15) is 16.1 Å². The summed E-state index contributed by atoms with van der Waals surface area (Å²) in [6.45, 7) is 0.496. The molecule has 1 aliphatic heterocycles. The van der Waals surface area contributed by atoms with Crippen molar-refractivity contribution in [2.45, 2.75) is 5.75 Å². The van der Waals surface area contributed by atoms with Gasteiger partial charge in [0.25, 0.3) is 5.91 Å². The zero-order valence-corrected chi connectivity index (χ0v) is 15.5. The minimum absolute atomic E-state index is 0.0860. The Balaban J connectivity index is 1.75.